The average Bonchev–Trinajstić information content (AvgIpc) is 2.65. The molecule has 0 bridgehead atoms. The number of nitrogens with one attached hydrogen (secondary N) is 1. The van der Waals surface area contributed by atoms with Crippen molar-refractivity contribution in [3.63, 3.8) is 0 Å². The van der Waals surface area contributed by atoms with Crippen LogP contribution >= 0.6 is 12.1 Å². The molecule has 0 spiro atoms. The van der Waals surface area contributed by atoms with Crippen LogP contribution in [0.1, 0.15) is 57.4 Å². The van der Waals surface area contributed by atoms with Gasteiger partial charge in [-0.2, -0.15) is 0 Å². The largest absolute Gasteiger partial charge is 0.469 e. The van der Waals surface area contributed by atoms with Gasteiger partial charge in [-0.25, -0.2) is 0 Å². The van der Waals surface area contributed by atoms with E-state index in [1.54, 1.807) is 0 Å². The summed E-state index contributed by atoms with van der Waals surface area (Å²) in [5, 5.41) is 5.31. The van der Waals surface area contributed by atoms with Gasteiger partial charge in [0.2, 0.25) is 0 Å². The number of unbranched alkanes of at least 4 members (excludes halogenated alkanes) is 4. The Kier molecular flexibility index (Phi) is 15.3. The van der Waals surface area contributed by atoms with E-state index in [0.717, 1.165) is 47.3 Å². The molecule has 0 aliphatic carbocycles. The topological polar surface area (TPSA) is 64.3 Å². The third-order valence-corrected chi connectivity index (χ3v) is 4.24. The van der Waals surface area contributed by atoms with Crippen LogP contribution in [-0.4, -0.2) is 45.2 Å². The summed E-state index contributed by atoms with van der Waals surface area (Å²) >= 11 is 1.10. The van der Waals surface area contributed by atoms with Crippen LogP contribution in [0.25, 0.3) is 0 Å². The SMILES string of the molecule is CCCCCCC#Cc1ccc(NSN)cc1.COC(=O)CCC[N+](C)(C)C. The lowest BCUT2D eigenvalue weighted by atomic mass is 10.1. The van der Waals surface area contributed by atoms with Gasteiger partial charge in [0, 0.05) is 36.2 Å². The van der Waals surface area contributed by atoms with Gasteiger partial charge in [-0.3, -0.25) is 9.93 Å². The molecule has 0 saturated heterocycles. The predicted octanol–water partition coefficient (Wildman–Crippen LogP) is 4.59. The summed E-state index contributed by atoms with van der Waals surface area (Å²) in [5.74, 6) is 6.27. The fourth-order valence-corrected chi connectivity index (χ4v) is 2.57. The van der Waals surface area contributed by atoms with Crippen LogP contribution in [0.4, 0.5) is 5.69 Å². The fraction of sp³-hybridized carbons (Fsp3) is 0.591. The molecule has 0 amide bonds. The number of rotatable bonds is 10. The van der Waals surface area contributed by atoms with Crippen molar-refractivity contribution in [1.29, 1.82) is 0 Å². The summed E-state index contributed by atoms with van der Waals surface area (Å²) in [7, 11) is 7.75. The predicted molar refractivity (Wildman–Crippen MR) is 122 cm³/mol. The Morgan fingerprint density at radius 1 is 1.14 bits per heavy atom. The van der Waals surface area contributed by atoms with Gasteiger partial charge in [-0.05, 0) is 30.7 Å². The summed E-state index contributed by atoms with van der Waals surface area (Å²) < 4.78 is 8.39. The maximum absolute atomic E-state index is 10.7. The number of methoxy groups -OCH3 is 1. The standard InChI is InChI=1S/C14H20N2S.C8H18NO2/c1-2-3-4-5-6-7-8-13-9-11-14(12-10-13)16-17-15;1-9(2,3)7-5-6-8(10)11-4/h9-12,16H,2-6,15H2,1H3;5-7H2,1-4H3/q;+1. The molecule has 1 rings (SSSR count). The molecule has 5 nitrogen and oxygen atoms in total. The number of carbonyl (C=O) groups is 1. The minimum absolute atomic E-state index is 0.113. The van der Waals surface area contributed by atoms with Crippen LogP contribution in [0.3, 0.4) is 0 Å². The molecule has 0 radical (unpaired) electrons. The van der Waals surface area contributed by atoms with Crippen LogP contribution in [0, 0.1) is 11.8 Å². The molecule has 0 aromatic heterocycles. The molecule has 0 aliphatic heterocycles. The van der Waals surface area contributed by atoms with Gasteiger partial charge in [0.25, 0.3) is 0 Å². The molecule has 0 unspecified atom stereocenters. The smallest absolute Gasteiger partial charge is 0.305 e. The second kappa shape index (κ2) is 16.3. The summed E-state index contributed by atoms with van der Waals surface area (Å²) in [6, 6.07) is 8.00. The van der Waals surface area contributed by atoms with E-state index < -0.39 is 0 Å². The molecule has 0 aliphatic rings. The molecule has 158 valence electrons. The Bertz CT molecular complexity index is 587. The quantitative estimate of drug-likeness (QED) is 0.195. The van der Waals surface area contributed by atoms with Crippen LogP contribution in [0.15, 0.2) is 24.3 Å². The zero-order valence-electron chi connectivity index (χ0n) is 18.2. The van der Waals surface area contributed by atoms with E-state index in [1.165, 1.54) is 32.8 Å². The molecule has 1 aromatic rings. The van der Waals surface area contributed by atoms with Gasteiger partial charge >= 0.3 is 5.97 Å². The summed E-state index contributed by atoms with van der Waals surface area (Å²) in [6.07, 6.45) is 7.53. The second-order valence-corrected chi connectivity index (χ2v) is 8.04. The van der Waals surface area contributed by atoms with E-state index in [2.05, 4.69) is 49.4 Å². The van der Waals surface area contributed by atoms with E-state index in [4.69, 9.17) is 5.14 Å². The van der Waals surface area contributed by atoms with Gasteiger partial charge in [0.05, 0.1) is 41.2 Å². The fourth-order valence-electron chi connectivity index (χ4n) is 2.29. The number of anilines is 1. The van der Waals surface area contributed by atoms with Gasteiger partial charge in [0.15, 0.2) is 0 Å². The number of esters is 1. The molecule has 1 aromatic carbocycles. The highest BCUT2D eigenvalue weighted by Gasteiger charge is 2.08. The maximum atomic E-state index is 10.7. The van der Waals surface area contributed by atoms with Gasteiger partial charge in [0.1, 0.15) is 0 Å². The number of carbonyl (C=O) groups excluding carboxylic acids is 1. The molecule has 6 heteroatoms. The minimum Gasteiger partial charge on any atom is -0.469 e. The number of nitrogens with two attached hydrogens (primary N) is 1. The van der Waals surface area contributed by atoms with E-state index >= 15 is 0 Å². The number of hydrogen-bond acceptors (Lipinski definition) is 5. The van der Waals surface area contributed by atoms with Crippen LogP contribution in [-0.2, 0) is 9.53 Å². The third-order valence-electron chi connectivity index (χ3n) is 3.89. The molecule has 0 fully saturated rings. The molecular weight excluding hydrogens is 370 g/mol. The number of benzene rings is 1. The Morgan fingerprint density at radius 3 is 2.36 bits per heavy atom. The van der Waals surface area contributed by atoms with Crippen molar-refractivity contribution in [1.82, 2.24) is 0 Å². The zero-order valence-corrected chi connectivity index (χ0v) is 19.0. The molecular formula is C22H38N3O2S+. The van der Waals surface area contributed by atoms with Crippen LogP contribution < -0.4 is 9.86 Å². The van der Waals surface area contributed by atoms with E-state index in [1.807, 2.05) is 24.3 Å². The minimum atomic E-state index is -0.113. The zero-order chi connectivity index (χ0) is 21.3. The first-order valence-corrected chi connectivity index (χ1v) is 10.8. The Morgan fingerprint density at radius 2 is 1.82 bits per heavy atom. The summed E-state index contributed by atoms with van der Waals surface area (Å²) in [5.41, 5.74) is 2.07. The highest BCUT2D eigenvalue weighted by atomic mass is 32.2. The van der Waals surface area contributed by atoms with Crippen molar-refractivity contribution in [2.75, 3.05) is 39.5 Å². The maximum Gasteiger partial charge on any atom is 0.305 e. The molecule has 0 heterocycles. The number of hydrogen-bond donors (Lipinski definition) is 2. The summed E-state index contributed by atoms with van der Waals surface area (Å²) in [6.45, 7) is 3.23. The van der Waals surface area contributed by atoms with E-state index in [9.17, 15) is 4.79 Å². The molecule has 0 saturated carbocycles. The Labute approximate surface area is 176 Å². The van der Waals surface area contributed by atoms with Crippen molar-refractivity contribution < 1.29 is 14.0 Å². The molecule has 0 atom stereocenters. The van der Waals surface area contributed by atoms with Crippen molar-refractivity contribution in [3.05, 3.63) is 29.8 Å². The lowest BCUT2D eigenvalue weighted by Crippen LogP contribution is -2.35. The first-order chi connectivity index (χ1) is 13.3. The number of quaternary nitrogens is 1. The monoisotopic (exact) mass is 408 g/mol. The average molecular weight is 409 g/mol. The highest BCUT2D eigenvalue weighted by Crippen LogP contribution is 2.11. The lowest BCUT2D eigenvalue weighted by molar-refractivity contribution is -0.870. The van der Waals surface area contributed by atoms with Gasteiger partial charge in [-0.15, -0.1) is 0 Å². The number of ether oxygens (including phenoxy) is 1. The van der Waals surface area contributed by atoms with E-state index in [-0.39, 0.29) is 5.97 Å². The first kappa shape index (κ1) is 26.3. The first-order valence-electron chi connectivity index (χ1n) is 9.90. The van der Waals surface area contributed by atoms with Crippen LogP contribution in [0.2, 0.25) is 0 Å². The number of nitrogens with zero attached hydrogens (tertiary/aromatic N) is 1. The van der Waals surface area contributed by atoms with E-state index in [0.29, 0.717) is 6.42 Å². The Balaban J connectivity index is 0.000000576. The van der Waals surface area contributed by atoms with Crippen molar-refractivity contribution in [2.24, 2.45) is 5.14 Å². The third kappa shape index (κ3) is 16.5. The van der Waals surface area contributed by atoms with Crippen molar-refractivity contribution in [3.8, 4) is 11.8 Å². The molecule has 28 heavy (non-hydrogen) atoms. The molecule has 3 N–H and O–H groups in total. The van der Waals surface area contributed by atoms with Crippen molar-refractivity contribution in [2.45, 2.75) is 51.9 Å². The normalized spacial score (nSPS) is 10.2. The van der Waals surface area contributed by atoms with Crippen molar-refractivity contribution >= 4 is 23.8 Å². The second-order valence-electron chi connectivity index (χ2n) is 7.60. The van der Waals surface area contributed by atoms with Gasteiger partial charge < -0.3 is 13.9 Å². The lowest BCUT2D eigenvalue weighted by Gasteiger charge is -2.23. The summed E-state index contributed by atoms with van der Waals surface area (Å²) in [4.78, 5) is 10.7. The van der Waals surface area contributed by atoms with Crippen LogP contribution in [0.5, 0.6) is 0 Å². The highest BCUT2D eigenvalue weighted by molar-refractivity contribution is 7.98. The Hall–Kier alpha value is -1.68. The van der Waals surface area contributed by atoms with Gasteiger partial charge in [-0.1, -0.05) is 38.0 Å².